The minimum atomic E-state index is -1.41. The number of hydrogen-bond donors (Lipinski definition) is 4. The van der Waals surface area contributed by atoms with Crippen LogP contribution in [0.25, 0.3) is 5.78 Å². The topological polar surface area (TPSA) is 198 Å². The van der Waals surface area contributed by atoms with Gasteiger partial charge in [-0.05, 0) is 69.5 Å². The molecular weight excluding hydrogens is 706 g/mol. The Hall–Kier alpha value is -6.06. The molecule has 1 saturated heterocycles. The number of likely N-dealkylation sites (tertiary alicyclic amines) is 1. The fraction of sp³-hybridized carbons (Fsp3) is 0.436. The second-order valence-corrected chi connectivity index (χ2v) is 14.0. The van der Waals surface area contributed by atoms with Gasteiger partial charge in [-0.2, -0.15) is 10.1 Å². The summed E-state index contributed by atoms with van der Waals surface area (Å²) in [5.74, 6) is -0.721. The van der Waals surface area contributed by atoms with Crippen molar-refractivity contribution in [3.8, 4) is 11.5 Å². The lowest BCUT2D eigenvalue weighted by Crippen LogP contribution is -2.61. The number of hydrogen-bond acceptors (Lipinski definition) is 10. The Morgan fingerprint density at radius 2 is 1.56 bits per heavy atom. The molecule has 5 heterocycles. The summed E-state index contributed by atoms with van der Waals surface area (Å²) in [5, 5.41) is 15.3. The first-order valence-electron chi connectivity index (χ1n) is 18.5. The minimum Gasteiger partial charge on any atom is -0.492 e. The highest BCUT2D eigenvalue weighted by Gasteiger charge is 2.45. The highest BCUT2D eigenvalue weighted by molar-refractivity contribution is 5.95. The summed E-state index contributed by atoms with van der Waals surface area (Å²) in [5.41, 5.74) is 1.98. The average Bonchev–Trinajstić information content (AvgIpc) is 3.65. The molecule has 2 aromatic carbocycles. The Morgan fingerprint density at radius 3 is 2.29 bits per heavy atom. The maximum absolute atomic E-state index is 14.2. The van der Waals surface area contributed by atoms with Gasteiger partial charge >= 0.3 is 0 Å². The van der Waals surface area contributed by atoms with Crippen LogP contribution in [0.2, 0.25) is 0 Å². The summed E-state index contributed by atoms with van der Waals surface area (Å²) < 4.78 is 13.9. The van der Waals surface area contributed by atoms with Crippen LogP contribution in [0.3, 0.4) is 0 Å². The van der Waals surface area contributed by atoms with Crippen LogP contribution < -0.4 is 30.7 Å². The lowest BCUT2D eigenvalue weighted by atomic mass is 9.89. The van der Waals surface area contributed by atoms with Crippen LogP contribution in [-0.2, 0) is 36.8 Å². The number of ether oxygens (including phenoxy) is 2. The summed E-state index contributed by atoms with van der Waals surface area (Å²) in [6.45, 7) is 7.74. The molecule has 4 aromatic rings. The number of fused-ring (bicyclic) bond motifs is 16. The Kier molecular flexibility index (Phi) is 11.9. The van der Waals surface area contributed by atoms with Crippen molar-refractivity contribution < 1.29 is 33.4 Å². The van der Waals surface area contributed by atoms with E-state index in [-0.39, 0.29) is 57.8 Å². The van der Waals surface area contributed by atoms with E-state index in [1.807, 2.05) is 44.2 Å². The van der Waals surface area contributed by atoms with E-state index in [0.29, 0.717) is 23.7 Å². The van der Waals surface area contributed by atoms with E-state index in [4.69, 9.17) is 9.47 Å². The molecule has 55 heavy (non-hydrogen) atoms. The third kappa shape index (κ3) is 9.19. The van der Waals surface area contributed by atoms with Crippen LogP contribution in [0.1, 0.15) is 55.6 Å². The van der Waals surface area contributed by atoms with Crippen LogP contribution in [0.5, 0.6) is 11.5 Å². The van der Waals surface area contributed by atoms with Gasteiger partial charge in [0.25, 0.3) is 11.7 Å². The lowest BCUT2D eigenvalue weighted by molar-refractivity contribution is -0.148. The number of nitrogens with zero attached hydrogens (tertiary/aromatic N) is 5. The molecule has 290 valence electrons. The van der Waals surface area contributed by atoms with Gasteiger partial charge in [0.15, 0.2) is 5.60 Å². The number of rotatable bonds is 5. The SMILES string of the molecule is Cc1nc2ncnn2c(C)c1CCC(=O)N1CCC2(CC1)Oc1ccc(cc1)OCCNC(=O)[C@H](C)NC(=O)[C@H](Cc1ccccc1)NC(=O)[C@H](C)NC2=O. The third-order valence-electron chi connectivity index (χ3n) is 10.1. The van der Waals surface area contributed by atoms with Crippen molar-refractivity contribution in [2.45, 2.75) is 83.5 Å². The van der Waals surface area contributed by atoms with Gasteiger partial charge < -0.3 is 35.6 Å². The highest BCUT2D eigenvalue weighted by Crippen LogP contribution is 2.31. The molecular formula is C39H47N9O7. The van der Waals surface area contributed by atoms with E-state index < -0.39 is 47.4 Å². The number of carbonyl (C=O) groups excluding carboxylic acids is 5. The normalized spacial score (nSPS) is 21.2. The number of piperidine rings is 1. The molecule has 1 fully saturated rings. The monoisotopic (exact) mass is 753 g/mol. The second kappa shape index (κ2) is 17.0. The molecule has 3 aliphatic rings. The largest absolute Gasteiger partial charge is 0.492 e. The Bertz CT molecular complexity index is 2030. The van der Waals surface area contributed by atoms with Crippen molar-refractivity contribution in [2.75, 3.05) is 26.2 Å². The predicted octanol–water partition coefficient (Wildman–Crippen LogP) is 1.36. The molecule has 0 saturated carbocycles. The average molecular weight is 754 g/mol. The van der Waals surface area contributed by atoms with Gasteiger partial charge in [0.2, 0.25) is 23.6 Å². The van der Waals surface area contributed by atoms with Crippen molar-refractivity contribution in [3.05, 3.63) is 83.4 Å². The van der Waals surface area contributed by atoms with Crippen LogP contribution in [-0.4, -0.2) is 104 Å². The molecule has 16 nitrogen and oxygen atoms in total. The Balaban J connectivity index is 1.19. The standard InChI is InChI=1S/C39H47N9O7/c1-24-31(27(4)48-38(45-24)41-23-42-48)14-15-33(49)47-19-16-39(17-20-47)37(53)44-26(3)35(51)46-32(22-28-8-6-5-7-9-28)36(52)43-25(2)34(50)40-18-21-54-29-10-12-30(55-39)13-11-29/h5-13,23,25-26,32H,14-22H2,1-4H3,(H,40,50)(H,43,52)(H,44,53)(H,46,51)/t25-,26-,32-/m0/s1. The van der Waals surface area contributed by atoms with Gasteiger partial charge in [-0.3, -0.25) is 24.0 Å². The molecule has 3 aliphatic heterocycles. The van der Waals surface area contributed by atoms with E-state index in [9.17, 15) is 24.0 Å². The summed E-state index contributed by atoms with van der Waals surface area (Å²) in [4.78, 5) is 78.0. The summed E-state index contributed by atoms with van der Waals surface area (Å²) in [7, 11) is 0. The van der Waals surface area contributed by atoms with E-state index in [1.54, 1.807) is 40.6 Å². The molecule has 3 atom stereocenters. The zero-order valence-corrected chi connectivity index (χ0v) is 31.5. The maximum atomic E-state index is 14.2. The number of amides is 5. The number of aromatic nitrogens is 4. The van der Waals surface area contributed by atoms with Gasteiger partial charge in [0.05, 0.1) is 6.54 Å². The van der Waals surface area contributed by atoms with Crippen LogP contribution >= 0.6 is 0 Å². The van der Waals surface area contributed by atoms with Crippen molar-refractivity contribution >= 4 is 35.3 Å². The molecule has 0 unspecified atom stereocenters. The van der Waals surface area contributed by atoms with Gasteiger partial charge in [0, 0.05) is 50.2 Å². The zero-order valence-electron chi connectivity index (χ0n) is 31.5. The fourth-order valence-electron chi connectivity index (χ4n) is 6.85. The fourth-order valence-corrected chi connectivity index (χ4v) is 6.85. The first kappa shape index (κ1) is 38.7. The molecule has 2 bridgehead atoms. The molecule has 1 spiro atoms. The first-order chi connectivity index (χ1) is 26.4. The third-order valence-corrected chi connectivity index (χ3v) is 10.1. The summed E-state index contributed by atoms with van der Waals surface area (Å²) in [6, 6.07) is 12.9. The van der Waals surface area contributed by atoms with Crippen molar-refractivity contribution in [3.63, 3.8) is 0 Å². The first-order valence-corrected chi connectivity index (χ1v) is 18.5. The van der Waals surface area contributed by atoms with E-state index in [1.165, 1.54) is 13.3 Å². The molecule has 0 radical (unpaired) electrons. The highest BCUT2D eigenvalue weighted by atomic mass is 16.5. The van der Waals surface area contributed by atoms with E-state index in [0.717, 1.165) is 22.5 Å². The molecule has 2 aromatic heterocycles. The van der Waals surface area contributed by atoms with Crippen LogP contribution in [0, 0.1) is 13.8 Å². The molecule has 4 N–H and O–H groups in total. The Labute approximate surface area is 318 Å². The molecule has 5 amide bonds. The quantitative estimate of drug-likeness (QED) is 0.216. The Morgan fingerprint density at radius 1 is 0.873 bits per heavy atom. The van der Waals surface area contributed by atoms with Crippen LogP contribution in [0.15, 0.2) is 60.9 Å². The van der Waals surface area contributed by atoms with Gasteiger partial charge in [-0.1, -0.05) is 30.3 Å². The lowest BCUT2D eigenvalue weighted by Gasteiger charge is -2.41. The number of nitrogens with one attached hydrogen (secondary N) is 4. The van der Waals surface area contributed by atoms with Crippen molar-refractivity contribution in [2.24, 2.45) is 0 Å². The zero-order chi connectivity index (χ0) is 39.1. The molecule has 7 rings (SSSR count). The molecule has 16 heteroatoms. The number of aryl methyl sites for hydroxylation is 2. The molecule has 0 aliphatic carbocycles. The predicted molar refractivity (Wildman–Crippen MR) is 200 cm³/mol. The van der Waals surface area contributed by atoms with Crippen molar-refractivity contribution in [1.29, 1.82) is 0 Å². The van der Waals surface area contributed by atoms with Gasteiger partial charge in [-0.15, -0.1) is 0 Å². The maximum Gasteiger partial charge on any atom is 0.264 e. The minimum absolute atomic E-state index is 0.0675. The van der Waals surface area contributed by atoms with Crippen molar-refractivity contribution in [1.82, 2.24) is 45.7 Å². The summed E-state index contributed by atoms with van der Waals surface area (Å²) in [6.07, 6.45) is 2.63. The second-order valence-electron chi connectivity index (χ2n) is 14.0. The van der Waals surface area contributed by atoms with Gasteiger partial charge in [0.1, 0.15) is 42.6 Å². The van der Waals surface area contributed by atoms with Crippen LogP contribution in [0.4, 0.5) is 0 Å². The van der Waals surface area contributed by atoms with E-state index in [2.05, 4.69) is 36.3 Å². The van der Waals surface area contributed by atoms with E-state index >= 15 is 0 Å². The smallest absolute Gasteiger partial charge is 0.264 e. The number of benzene rings is 2. The van der Waals surface area contributed by atoms with Gasteiger partial charge in [-0.25, -0.2) is 9.50 Å². The summed E-state index contributed by atoms with van der Waals surface area (Å²) >= 11 is 0. The number of carbonyl (C=O) groups is 5.